The average Bonchev–Trinajstić information content (AvgIpc) is 2.69. The molecule has 0 radical (unpaired) electrons. The first-order chi connectivity index (χ1) is 13.1. The molecule has 0 spiro atoms. The van der Waals surface area contributed by atoms with Crippen LogP contribution in [-0.4, -0.2) is 28.8 Å². The Balaban J connectivity index is 1.74. The molecule has 2 aromatic carbocycles. The summed E-state index contributed by atoms with van der Waals surface area (Å²) >= 11 is 0. The lowest BCUT2D eigenvalue weighted by atomic mass is 10.1. The minimum Gasteiger partial charge on any atom is -0.495 e. The predicted octanol–water partition coefficient (Wildman–Crippen LogP) is 3.68. The minimum absolute atomic E-state index is 0.0317. The molecule has 0 saturated carbocycles. The highest BCUT2D eigenvalue weighted by Crippen LogP contribution is 2.26. The van der Waals surface area contributed by atoms with Gasteiger partial charge in [-0.2, -0.15) is 0 Å². The van der Waals surface area contributed by atoms with Crippen molar-refractivity contribution >= 4 is 28.9 Å². The maximum Gasteiger partial charge on any atom is 0.274 e. The Morgan fingerprint density at radius 1 is 1.00 bits per heavy atom. The van der Waals surface area contributed by atoms with Crippen molar-refractivity contribution in [3.63, 3.8) is 0 Å². The molecule has 0 aliphatic rings. The largest absolute Gasteiger partial charge is 0.495 e. The third-order valence-corrected chi connectivity index (χ3v) is 3.82. The number of hydrogen-bond donors (Lipinski definition) is 2. The number of nitrogens with one attached hydrogen (secondary N) is 2. The molecule has 3 aromatic rings. The van der Waals surface area contributed by atoms with E-state index < -0.39 is 0 Å². The molecule has 3 rings (SSSR count). The monoisotopic (exact) mass is 362 g/mol. The zero-order chi connectivity index (χ0) is 19.2. The van der Waals surface area contributed by atoms with Gasteiger partial charge in [0.1, 0.15) is 23.6 Å². The number of carbonyl (C=O) groups is 2. The Bertz CT molecular complexity index is 971. The number of aromatic nitrogens is 2. The van der Waals surface area contributed by atoms with Gasteiger partial charge in [-0.3, -0.25) is 9.59 Å². The Morgan fingerprint density at radius 2 is 1.74 bits per heavy atom. The average molecular weight is 362 g/mol. The van der Waals surface area contributed by atoms with Crippen LogP contribution in [0.4, 0.5) is 17.2 Å². The number of ketones is 1. The number of amides is 1. The summed E-state index contributed by atoms with van der Waals surface area (Å²) < 4.78 is 5.29. The third-order valence-electron chi connectivity index (χ3n) is 3.82. The van der Waals surface area contributed by atoms with Crippen molar-refractivity contribution in [3.8, 4) is 5.75 Å². The van der Waals surface area contributed by atoms with Crippen LogP contribution in [0.2, 0.25) is 0 Å². The fraction of sp³-hybridized carbons (Fsp3) is 0.100. The van der Waals surface area contributed by atoms with Gasteiger partial charge < -0.3 is 15.4 Å². The highest BCUT2D eigenvalue weighted by Gasteiger charge is 2.11. The summed E-state index contributed by atoms with van der Waals surface area (Å²) in [5.74, 6) is 0.714. The van der Waals surface area contributed by atoms with Crippen LogP contribution in [0.1, 0.15) is 27.8 Å². The fourth-order valence-electron chi connectivity index (χ4n) is 2.42. The number of para-hydroxylation sites is 2. The molecule has 0 unspecified atom stereocenters. The van der Waals surface area contributed by atoms with Gasteiger partial charge in [0.2, 0.25) is 0 Å². The minimum atomic E-state index is -0.379. The number of ether oxygens (including phenoxy) is 1. The van der Waals surface area contributed by atoms with Gasteiger partial charge >= 0.3 is 0 Å². The Hall–Kier alpha value is -3.74. The van der Waals surface area contributed by atoms with E-state index in [0.717, 1.165) is 5.69 Å². The molecule has 0 aliphatic carbocycles. The smallest absolute Gasteiger partial charge is 0.274 e. The molecule has 0 atom stereocenters. The highest BCUT2D eigenvalue weighted by molar-refractivity contribution is 6.03. The molecular formula is C20H18N4O3. The summed E-state index contributed by atoms with van der Waals surface area (Å²) in [5, 5.41) is 5.85. The number of Topliss-reactive ketones (excluding diaryl/α,β-unsaturated/α-hetero) is 1. The molecule has 0 fully saturated rings. The first kappa shape index (κ1) is 18.1. The number of rotatable bonds is 6. The first-order valence-corrected chi connectivity index (χ1v) is 8.21. The van der Waals surface area contributed by atoms with E-state index in [-0.39, 0.29) is 17.4 Å². The van der Waals surface area contributed by atoms with Crippen LogP contribution >= 0.6 is 0 Å². The lowest BCUT2D eigenvalue weighted by molar-refractivity contribution is 0.101. The third kappa shape index (κ3) is 4.46. The Labute approximate surface area is 156 Å². The van der Waals surface area contributed by atoms with Gasteiger partial charge in [0, 0.05) is 17.3 Å². The quantitative estimate of drug-likeness (QED) is 0.650. The van der Waals surface area contributed by atoms with Crippen molar-refractivity contribution in [2.24, 2.45) is 0 Å². The van der Waals surface area contributed by atoms with Crippen molar-refractivity contribution in [1.82, 2.24) is 9.97 Å². The molecule has 0 bridgehead atoms. The zero-order valence-corrected chi connectivity index (χ0v) is 14.9. The van der Waals surface area contributed by atoms with Crippen LogP contribution in [0.25, 0.3) is 0 Å². The van der Waals surface area contributed by atoms with E-state index in [1.807, 2.05) is 24.3 Å². The van der Waals surface area contributed by atoms with Crippen LogP contribution in [0, 0.1) is 0 Å². The number of hydrogen-bond acceptors (Lipinski definition) is 6. The second-order valence-corrected chi connectivity index (χ2v) is 5.70. The summed E-state index contributed by atoms with van der Waals surface area (Å²) in [6.07, 6.45) is 1.31. The zero-order valence-electron chi connectivity index (χ0n) is 14.9. The van der Waals surface area contributed by atoms with Gasteiger partial charge in [-0.25, -0.2) is 9.97 Å². The topological polar surface area (TPSA) is 93.2 Å². The van der Waals surface area contributed by atoms with E-state index >= 15 is 0 Å². The fourth-order valence-corrected chi connectivity index (χ4v) is 2.42. The number of benzene rings is 2. The standard InChI is InChI=1S/C20H18N4O3/c1-13(25)14-7-9-15(10-8-14)23-20(26)17-11-19(22-12-21-17)24-16-5-3-4-6-18(16)27-2/h3-12H,1-2H3,(H,23,26)(H,21,22,24). The molecule has 7 heteroatoms. The highest BCUT2D eigenvalue weighted by atomic mass is 16.5. The van der Waals surface area contributed by atoms with Gasteiger partial charge in [0.15, 0.2) is 5.78 Å². The molecular weight excluding hydrogens is 344 g/mol. The van der Waals surface area contributed by atoms with Crippen LogP contribution in [-0.2, 0) is 0 Å². The van der Waals surface area contributed by atoms with E-state index in [1.165, 1.54) is 13.3 Å². The summed E-state index contributed by atoms with van der Waals surface area (Å²) in [4.78, 5) is 31.9. The summed E-state index contributed by atoms with van der Waals surface area (Å²) in [6, 6.07) is 15.6. The van der Waals surface area contributed by atoms with E-state index in [2.05, 4.69) is 20.6 Å². The van der Waals surface area contributed by atoms with E-state index in [4.69, 9.17) is 4.74 Å². The number of methoxy groups -OCH3 is 1. The van der Waals surface area contributed by atoms with E-state index in [9.17, 15) is 9.59 Å². The predicted molar refractivity (Wildman–Crippen MR) is 103 cm³/mol. The van der Waals surface area contributed by atoms with Gasteiger partial charge in [-0.1, -0.05) is 12.1 Å². The van der Waals surface area contributed by atoms with Gasteiger partial charge in [-0.15, -0.1) is 0 Å². The van der Waals surface area contributed by atoms with Crippen molar-refractivity contribution in [1.29, 1.82) is 0 Å². The van der Waals surface area contributed by atoms with Gasteiger partial charge in [0.25, 0.3) is 5.91 Å². The van der Waals surface area contributed by atoms with Crippen LogP contribution in [0.15, 0.2) is 60.9 Å². The second-order valence-electron chi connectivity index (χ2n) is 5.70. The van der Waals surface area contributed by atoms with Crippen LogP contribution in [0.3, 0.4) is 0 Å². The molecule has 1 amide bonds. The van der Waals surface area contributed by atoms with Crippen molar-refractivity contribution in [2.75, 3.05) is 17.7 Å². The molecule has 0 saturated heterocycles. The normalized spacial score (nSPS) is 10.1. The van der Waals surface area contributed by atoms with Crippen molar-refractivity contribution in [2.45, 2.75) is 6.92 Å². The van der Waals surface area contributed by atoms with E-state index in [1.54, 1.807) is 37.4 Å². The van der Waals surface area contributed by atoms with Crippen LogP contribution < -0.4 is 15.4 Å². The van der Waals surface area contributed by atoms with E-state index in [0.29, 0.717) is 22.8 Å². The van der Waals surface area contributed by atoms with Crippen molar-refractivity contribution < 1.29 is 14.3 Å². The van der Waals surface area contributed by atoms with Crippen molar-refractivity contribution in [3.05, 3.63) is 72.2 Å². The van der Waals surface area contributed by atoms with Crippen LogP contribution in [0.5, 0.6) is 5.75 Å². The number of carbonyl (C=O) groups excluding carboxylic acids is 2. The molecule has 1 heterocycles. The molecule has 1 aromatic heterocycles. The molecule has 27 heavy (non-hydrogen) atoms. The molecule has 0 aliphatic heterocycles. The lowest BCUT2D eigenvalue weighted by Gasteiger charge is -2.11. The molecule has 7 nitrogen and oxygen atoms in total. The van der Waals surface area contributed by atoms with Gasteiger partial charge in [0.05, 0.1) is 12.8 Å². The summed E-state index contributed by atoms with van der Waals surface area (Å²) in [7, 11) is 1.58. The maximum atomic E-state index is 12.4. The SMILES string of the molecule is COc1ccccc1Nc1cc(C(=O)Nc2ccc(C(C)=O)cc2)ncn1. The molecule has 136 valence electrons. The number of nitrogens with zero attached hydrogens (tertiary/aromatic N) is 2. The number of anilines is 3. The van der Waals surface area contributed by atoms with Gasteiger partial charge in [-0.05, 0) is 43.3 Å². The summed E-state index contributed by atoms with van der Waals surface area (Å²) in [6.45, 7) is 1.49. The Kier molecular flexibility index (Phi) is 5.41. The Morgan fingerprint density at radius 3 is 2.44 bits per heavy atom. The maximum absolute atomic E-state index is 12.4. The molecule has 2 N–H and O–H groups in total. The first-order valence-electron chi connectivity index (χ1n) is 8.21. The summed E-state index contributed by atoms with van der Waals surface area (Å²) in [5.41, 5.74) is 2.09. The second kappa shape index (κ2) is 8.09. The lowest BCUT2D eigenvalue weighted by Crippen LogP contribution is -2.14.